The fourth-order valence-electron chi connectivity index (χ4n) is 6.28. The van der Waals surface area contributed by atoms with E-state index in [1.165, 1.54) is 66.3 Å². The van der Waals surface area contributed by atoms with E-state index < -0.39 is 0 Å². The van der Waals surface area contributed by atoms with Crippen molar-refractivity contribution in [3.63, 3.8) is 0 Å². The quantitative estimate of drug-likeness (QED) is 0.179. The summed E-state index contributed by atoms with van der Waals surface area (Å²) in [5, 5.41) is 2.50. The van der Waals surface area contributed by atoms with Crippen molar-refractivity contribution < 1.29 is 0 Å². The van der Waals surface area contributed by atoms with Crippen molar-refractivity contribution in [2.24, 2.45) is 0 Å². The minimum atomic E-state index is 1.10. The van der Waals surface area contributed by atoms with Crippen LogP contribution >= 0.6 is 15.9 Å². The molecule has 0 aliphatic rings. The van der Waals surface area contributed by atoms with Crippen LogP contribution in [0.15, 0.2) is 174 Å². The molecule has 208 valence electrons. The zero-order valence-corrected chi connectivity index (χ0v) is 25.6. The van der Waals surface area contributed by atoms with E-state index in [1.54, 1.807) is 0 Å². The molecule has 1 heterocycles. The average Bonchev–Trinajstić information content (AvgIpc) is 3.42. The number of rotatable bonds is 5. The molecule has 8 aromatic rings. The number of hydrogen-bond acceptors (Lipinski definition) is 0. The smallest absolute Gasteiger partial charge is 0.0547 e. The molecule has 0 radical (unpaired) electrons. The zero-order valence-electron chi connectivity index (χ0n) is 24.0. The van der Waals surface area contributed by atoms with Crippen LogP contribution in [-0.2, 0) is 0 Å². The summed E-state index contributed by atoms with van der Waals surface area (Å²) in [6.45, 7) is 0. The lowest BCUT2D eigenvalue weighted by atomic mass is 9.98. The van der Waals surface area contributed by atoms with Gasteiger partial charge in [0.15, 0.2) is 0 Å². The first kappa shape index (κ1) is 26.4. The average molecular weight is 627 g/mol. The molecular formula is C42H28BrN. The molecule has 0 aliphatic heterocycles. The number of hydrogen-bond donors (Lipinski definition) is 0. The van der Waals surface area contributed by atoms with Gasteiger partial charge >= 0.3 is 0 Å². The maximum atomic E-state index is 3.74. The molecule has 0 spiro atoms. The highest BCUT2D eigenvalue weighted by molar-refractivity contribution is 9.10. The van der Waals surface area contributed by atoms with E-state index in [1.807, 2.05) is 0 Å². The summed E-state index contributed by atoms with van der Waals surface area (Å²) in [6.07, 6.45) is 0. The first-order valence-corrected chi connectivity index (χ1v) is 15.7. The van der Waals surface area contributed by atoms with Gasteiger partial charge in [0.25, 0.3) is 0 Å². The maximum Gasteiger partial charge on any atom is 0.0547 e. The Hall–Kier alpha value is -5.18. The molecule has 0 fully saturated rings. The Morgan fingerprint density at radius 3 is 1.64 bits per heavy atom. The van der Waals surface area contributed by atoms with E-state index in [0.29, 0.717) is 0 Å². The predicted molar refractivity (Wildman–Crippen MR) is 190 cm³/mol. The summed E-state index contributed by atoms with van der Waals surface area (Å²) in [5.74, 6) is 0. The van der Waals surface area contributed by atoms with Gasteiger partial charge in [-0.25, -0.2) is 0 Å². The summed E-state index contributed by atoms with van der Waals surface area (Å²) < 4.78 is 3.51. The van der Waals surface area contributed by atoms with Gasteiger partial charge in [0.1, 0.15) is 0 Å². The standard InChI is InChI=1S/C42H28BrN/c43-40-17-8-7-16-37(40)35-15-9-14-32(26-35)34-20-24-38-39-27-33(30-12-5-2-6-13-30)21-25-41(39)44(42(38)28-34)36-22-18-31(19-23-36)29-10-3-1-4-11-29/h1-28H. The maximum absolute atomic E-state index is 3.74. The molecule has 0 amide bonds. The molecule has 0 atom stereocenters. The highest BCUT2D eigenvalue weighted by atomic mass is 79.9. The predicted octanol–water partition coefficient (Wildman–Crippen LogP) is 12.2. The first-order chi connectivity index (χ1) is 21.7. The molecule has 8 rings (SSSR count). The fraction of sp³-hybridized carbons (Fsp3) is 0. The molecular weight excluding hydrogens is 598 g/mol. The SMILES string of the molecule is Brc1ccccc1-c1cccc(-c2ccc3c4cc(-c5ccccc5)ccc4n(-c4ccc(-c5ccccc5)cc4)c3c2)c1. The normalized spacial score (nSPS) is 11.3. The van der Waals surface area contributed by atoms with Crippen LogP contribution in [0.4, 0.5) is 0 Å². The topological polar surface area (TPSA) is 4.93 Å². The molecule has 0 bridgehead atoms. The lowest BCUT2D eigenvalue weighted by Gasteiger charge is -2.11. The molecule has 0 saturated carbocycles. The van der Waals surface area contributed by atoms with E-state index in [-0.39, 0.29) is 0 Å². The molecule has 0 saturated heterocycles. The highest BCUT2D eigenvalue weighted by Crippen LogP contribution is 2.38. The van der Waals surface area contributed by atoms with Crippen LogP contribution in [0.2, 0.25) is 0 Å². The molecule has 0 aliphatic carbocycles. The first-order valence-electron chi connectivity index (χ1n) is 14.9. The van der Waals surface area contributed by atoms with Gasteiger partial charge in [-0.05, 0) is 87.0 Å². The van der Waals surface area contributed by atoms with Crippen LogP contribution in [0.3, 0.4) is 0 Å². The molecule has 0 unspecified atom stereocenters. The van der Waals surface area contributed by atoms with Gasteiger partial charge in [-0.1, -0.05) is 143 Å². The Labute approximate surface area is 265 Å². The van der Waals surface area contributed by atoms with Crippen molar-refractivity contribution in [3.8, 4) is 50.2 Å². The third kappa shape index (κ3) is 4.74. The minimum absolute atomic E-state index is 1.10. The Morgan fingerprint density at radius 2 is 0.886 bits per heavy atom. The summed E-state index contributed by atoms with van der Waals surface area (Å²) in [6, 6.07) is 61.1. The van der Waals surface area contributed by atoms with Crippen molar-refractivity contribution >= 4 is 37.7 Å². The number of aromatic nitrogens is 1. The van der Waals surface area contributed by atoms with Crippen molar-refractivity contribution in [2.75, 3.05) is 0 Å². The van der Waals surface area contributed by atoms with E-state index >= 15 is 0 Å². The van der Waals surface area contributed by atoms with E-state index in [4.69, 9.17) is 0 Å². The Balaban J connectivity index is 1.32. The van der Waals surface area contributed by atoms with Crippen LogP contribution in [0.25, 0.3) is 72.0 Å². The molecule has 2 heteroatoms. The Kier molecular flexibility index (Phi) is 6.70. The van der Waals surface area contributed by atoms with Gasteiger partial charge in [0, 0.05) is 20.9 Å². The number of halogens is 1. The van der Waals surface area contributed by atoms with Crippen LogP contribution in [-0.4, -0.2) is 4.57 Å². The van der Waals surface area contributed by atoms with Crippen molar-refractivity contribution in [1.82, 2.24) is 4.57 Å². The van der Waals surface area contributed by atoms with E-state index in [0.717, 1.165) is 10.2 Å². The highest BCUT2D eigenvalue weighted by Gasteiger charge is 2.15. The minimum Gasteiger partial charge on any atom is -0.309 e. The largest absolute Gasteiger partial charge is 0.309 e. The van der Waals surface area contributed by atoms with Gasteiger partial charge in [0.2, 0.25) is 0 Å². The second-order valence-corrected chi connectivity index (χ2v) is 12.0. The van der Waals surface area contributed by atoms with Gasteiger partial charge in [-0.15, -0.1) is 0 Å². The second kappa shape index (κ2) is 11.1. The number of nitrogens with zero attached hydrogens (tertiary/aromatic N) is 1. The van der Waals surface area contributed by atoms with Crippen molar-refractivity contribution in [1.29, 1.82) is 0 Å². The summed E-state index contributed by atoms with van der Waals surface area (Å²) in [4.78, 5) is 0. The van der Waals surface area contributed by atoms with Crippen LogP contribution < -0.4 is 0 Å². The molecule has 1 nitrogen and oxygen atoms in total. The number of fused-ring (bicyclic) bond motifs is 3. The third-order valence-electron chi connectivity index (χ3n) is 8.49. The van der Waals surface area contributed by atoms with Gasteiger partial charge < -0.3 is 4.57 Å². The lowest BCUT2D eigenvalue weighted by Crippen LogP contribution is -1.94. The Morgan fingerprint density at radius 1 is 0.341 bits per heavy atom. The summed E-state index contributed by atoms with van der Waals surface area (Å²) in [7, 11) is 0. The molecule has 7 aromatic carbocycles. The zero-order chi connectivity index (χ0) is 29.5. The van der Waals surface area contributed by atoms with Crippen LogP contribution in [0.5, 0.6) is 0 Å². The third-order valence-corrected chi connectivity index (χ3v) is 9.18. The van der Waals surface area contributed by atoms with Crippen molar-refractivity contribution in [2.45, 2.75) is 0 Å². The van der Waals surface area contributed by atoms with Crippen LogP contribution in [0.1, 0.15) is 0 Å². The van der Waals surface area contributed by atoms with Gasteiger partial charge in [0.05, 0.1) is 11.0 Å². The van der Waals surface area contributed by atoms with E-state index in [2.05, 4.69) is 190 Å². The molecule has 0 N–H and O–H groups in total. The van der Waals surface area contributed by atoms with Gasteiger partial charge in [-0.3, -0.25) is 0 Å². The molecule has 44 heavy (non-hydrogen) atoms. The lowest BCUT2D eigenvalue weighted by molar-refractivity contribution is 1.18. The van der Waals surface area contributed by atoms with E-state index in [9.17, 15) is 0 Å². The summed E-state index contributed by atoms with van der Waals surface area (Å²) >= 11 is 3.74. The molecule has 1 aromatic heterocycles. The Bertz CT molecular complexity index is 2260. The van der Waals surface area contributed by atoms with Crippen LogP contribution in [0, 0.1) is 0 Å². The number of benzene rings is 7. The second-order valence-electron chi connectivity index (χ2n) is 11.1. The fourth-order valence-corrected chi connectivity index (χ4v) is 6.80. The van der Waals surface area contributed by atoms with Crippen molar-refractivity contribution in [3.05, 3.63) is 174 Å². The van der Waals surface area contributed by atoms with Gasteiger partial charge in [-0.2, -0.15) is 0 Å². The monoisotopic (exact) mass is 625 g/mol. The summed E-state index contributed by atoms with van der Waals surface area (Å²) in [5.41, 5.74) is 13.2.